The van der Waals surface area contributed by atoms with Crippen LogP contribution in [0.2, 0.25) is 0 Å². The Morgan fingerprint density at radius 2 is 0.793 bits per heavy atom. The average Bonchev–Trinajstić information content (AvgIpc) is 2.30. The van der Waals surface area contributed by atoms with E-state index in [1.165, 1.54) is 124 Å². The Hall–Kier alpha value is -4.06. The number of carbonyl (C=O) groups is 2. The molecule has 5 aromatic carbocycles. The molecule has 6 nitrogen and oxygen atoms in total. The fourth-order valence-electron chi connectivity index (χ4n) is 7.94. The molecule has 0 atom stereocenters. The summed E-state index contributed by atoms with van der Waals surface area (Å²) < 4.78 is 88.5. The van der Waals surface area contributed by atoms with Crippen molar-refractivity contribution >= 4 is 214 Å². The van der Waals surface area contributed by atoms with Gasteiger partial charge in [0.15, 0.2) is 12.6 Å². The Labute approximate surface area is 548 Å². The van der Waals surface area contributed by atoms with Crippen molar-refractivity contribution in [3.63, 3.8) is 0 Å². The van der Waals surface area contributed by atoms with Crippen LogP contribution in [0.3, 0.4) is 0 Å². The van der Waals surface area contributed by atoms with Gasteiger partial charge in [-0.3, -0.25) is 18.5 Å². The molecule has 0 spiro atoms. The van der Waals surface area contributed by atoms with E-state index in [1.54, 1.807) is 125 Å². The third-order valence-electron chi connectivity index (χ3n) is 11.3. The number of hydrogen-bond donors (Lipinski definition) is 0. The van der Waals surface area contributed by atoms with Gasteiger partial charge in [-0.15, -0.1) is 96.3 Å². The predicted octanol–water partition coefficient (Wildman–Crippen LogP) is 18.7. The van der Waals surface area contributed by atoms with Gasteiger partial charge in [-0.1, -0.05) is 69.3 Å². The van der Waals surface area contributed by atoms with Crippen LogP contribution in [0, 0.1) is 17.5 Å². The maximum absolute atomic E-state index is 13.2. The molecule has 0 aliphatic heterocycles. The average molecular weight is 1290 g/mol. The fraction of sp³-hybridized carbons (Fsp3) is 0.161. The van der Waals surface area contributed by atoms with E-state index in [2.05, 4.69) is 53.1 Å². The second-order valence-electron chi connectivity index (χ2n) is 18.3. The second kappa shape index (κ2) is 30.8. The van der Waals surface area contributed by atoms with E-state index < -0.39 is 12.8 Å². The van der Waals surface area contributed by atoms with E-state index in [0.717, 1.165) is 52.2 Å². The number of benzene rings is 5. The van der Waals surface area contributed by atoms with Gasteiger partial charge in [-0.05, 0) is 128 Å². The zero-order chi connectivity index (χ0) is 58.5. The predicted molar refractivity (Wildman–Crippen MR) is 345 cm³/mol. The van der Waals surface area contributed by atoms with E-state index in [9.17, 15) is 36.8 Å². The molecule has 13 aromatic rings. The van der Waals surface area contributed by atoms with E-state index >= 15 is 0 Å². The summed E-state index contributed by atoms with van der Waals surface area (Å²) in [5.74, 6) is -0.714. The quantitative estimate of drug-likeness (QED) is 0.0554. The van der Waals surface area contributed by atoms with E-state index in [-0.39, 0.29) is 84.1 Å². The van der Waals surface area contributed by atoms with Crippen LogP contribution in [0.5, 0.6) is 0 Å². The van der Waals surface area contributed by atoms with Crippen LogP contribution >= 0.6 is 99.4 Å². The van der Waals surface area contributed by atoms with Crippen molar-refractivity contribution in [2.45, 2.75) is 46.8 Å². The molecule has 0 aliphatic rings. The van der Waals surface area contributed by atoms with Crippen molar-refractivity contribution in [3.05, 3.63) is 175 Å². The molecular weight excluding hydrogens is 1240 g/mol. The van der Waals surface area contributed by atoms with E-state index in [0.29, 0.717) is 0 Å². The van der Waals surface area contributed by atoms with E-state index in [1.807, 2.05) is 60.8 Å². The van der Waals surface area contributed by atoms with Gasteiger partial charge in [0.1, 0.15) is 17.5 Å². The fourth-order valence-corrected chi connectivity index (χ4v) is 17.8. The molecule has 0 fully saturated rings. The molecule has 8 heterocycles. The zero-order valence-electron chi connectivity index (χ0n) is 46.0. The number of carbonyl (C=O) groups excluding carboxylic acids is 2. The minimum atomic E-state index is -1.00. The summed E-state index contributed by atoms with van der Waals surface area (Å²) in [5.41, 5.74) is 2.03. The van der Waals surface area contributed by atoms with Gasteiger partial charge >= 0.3 is 60.1 Å². The minimum absolute atomic E-state index is 0. The van der Waals surface area contributed by atoms with Gasteiger partial charge in [0.05, 0.1) is 43.7 Å². The van der Waals surface area contributed by atoms with Gasteiger partial charge in [-0.25, -0.2) is 17.7 Å². The molecular formula is C62H50F4KO6PS8. The van der Waals surface area contributed by atoms with Gasteiger partial charge in [0.25, 0.3) is 0 Å². The molecule has 0 radical (unpaired) electrons. The van der Waals surface area contributed by atoms with Crippen LogP contribution in [0.15, 0.2) is 121 Å². The number of alkyl halides is 1. The normalized spacial score (nSPS) is 11.6. The summed E-state index contributed by atoms with van der Waals surface area (Å²) in [4.78, 5) is 25.9. The van der Waals surface area contributed by atoms with Crippen molar-refractivity contribution in [2.24, 2.45) is 0 Å². The molecule has 20 heteroatoms. The largest absolute Gasteiger partial charge is 1.00 e. The van der Waals surface area contributed by atoms with Crippen LogP contribution in [0.4, 0.5) is 17.6 Å². The Morgan fingerprint density at radius 1 is 0.500 bits per heavy atom. The first-order valence-electron chi connectivity index (χ1n) is 25.5. The number of hydrogen-bond acceptors (Lipinski definition) is 14. The van der Waals surface area contributed by atoms with Crippen molar-refractivity contribution in [1.29, 1.82) is 0 Å². The molecule has 0 bridgehead atoms. The SMILES string of the molecule is CC(C)(C)[O-].CCOCC.Fc1ccc(/C=C/c2cc3sc4cc5c(cc4c3s2)sc2cc(/C=C/c3ccc(F)cc3)sc25)cc1.O=Cc1cc2sc3cc4c(cc3c2s1)sc1cc(C=O)sc14.O=POCc1ccc(F)cc1.[2H]CF.[K+]. The van der Waals surface area contributed by atoms with Gasteiger partial charge in [-0.2, -0.15) is 0 Å². The number of thiophene rings is 8. The van der Waals surface area contributed by atoms with Crippen molar-refractivity contribution in [3.8, 4) is 0 Å². The smallest absolute Gasteiger partial charge is 0.850 e. The summed E-state index contributed by atoms with van der Waals surface area (Å²) in [6, 6.07) is 36.5. The second-order valence-corrected chi connectivity index (χ2v) is 27.4. The standard InChI is InChI=1S/C30H16F2S4.C16H6O2S4.C7H6FO2P.C4H9O.C4H10O.CH3F.K/c31-19-7-1-17(2-8-19)5-11-21-13-27-29(33-21)23-15-26-24(16-25(23)35-27)30-28(36-26)14-22(34-30)12-6-18-3-9-20(32)10-4-18;17-5-7-1-13-15(19-7)9-3-12-10(4-11(9)21-13)16-14(22-12)2-8(6-18)20-16;8-7-3-1-6(2-4-7)5-10-11-9;1-4(2,3)5;1-3-5-4-2;1-2;/h1-16H;1-6H;1-4H,5H2;1-3H3;3-4H2,1-2H3;1H3;/q;;;-1;;;+1/b11-5+,12-6+;;;;;;/i;;;;;1D;. The van der Waals surface area contributed by atoms with Gasteiger partial charge < -0.3 is 9.84 Å². The van der Waals surface area contributed by atoms with Gasteiger partial charge in [0.2, 0.25) is 0 Å². The molecule has 0 N–H and O–H groups in total. The summed E-state index contributed by atoms with van der Waals surface area (Å²) >= 11 is 13.9. The van der Waals surface area contributed by atoms with Crippen molar-refractivity contribution in [1.82, 2.24) is 0 Å². The van der Waals surface area contributed by atoms with Crippen LogP contribution in [-0.4, -0.2) is 38.5 Å². The summed E-state index contributed by atoms with van der Waals surface area (Å²) in [6.07, 6.45) is 10.1. The van der Waals surface area contributed by atoms with Crippen molar-refractivity contribution < 1.29 is 98.8 Å². The van der Waals surface area contributed by atoms with E-state index in [4.69, 9.17) is 6.11 Å². The summed E-state index contributed by atoms with van der Waals surface area (Å²) in [5, 5.41) is 15.2. The minimum Gasteiger partial charge on any atom is -0.850 e. The molecule has 13 rings (SSSR count). The molecule has 0 aliphatic carbocycles. The molecule has 0 unspecified atom stereocenters. The summed E-state index contributed by atoms with van der Waals surface area (Å²) in [6.45, 7) is 10.8. The van der Waals surface area contributed by atoms with Crippen LogP contribution in [-0.2, 0) is 20.4 Å². The van der Waals surface area contributed by atoms with Crippen LogP contribution in [0.1, 0.15) is 81.8 Å². The zero-order valence-corrected chi connectivity index (χ0v) is 55.6. The number of rotatable bonds is 11. The number of ether oxygens (including phenoxy) is 1. The Bertz CT molecular complexity index is 4090. The molecule has 0 saturated carbocycles. The van der Waals surface area contributed by atoms with Crippen LogP contribution < -0.4 is 56.5 Å². The number of fused-ring (bicyclic) bond motifs is 12. The Morgan fingerprint density at radius 3 is 1.07 bits per heavy atom. The maximum Gasteiger partial charge on any atom is 1.00 e. The molecule has 82 heavy (non-hydrogen) atoms. The third-order valence-corrected chi connectivity index (χ3v) is 21.0. The topological polar surface area (TPSA) is 92.7 Å². The third kappa shape index (κ3) is 17.1. The Kier molecular flexibility index (Phi) is 24.1. The molecule has 416 valence electrons. The van der Waals surface area contributed by atoms with Crippen LogP contribution in [0.25, 0.3) is 102 Å². The Balaban J connectivity index is 0.000000178. The molecule has 0 saturated heterocycles. The first kappa shape index (κ1) is 63.9. The first-order chi connectivity index (χ1) is 39.5. The van der Waals surface area contributed by atoms with Gasteiger partial charge in [0, 0.05) is 82.1 Å². The maximum atomic E-state index is 13.2. The monoisotopic (exact) mass is 1290 g/mol. The number of aldehydes is 2. The van der Waals surface area contributed by atoms with Crippen molar-refractivity contribution in [2.75, 3.05) is 20.4 Å². The number of halogens is 4. The molecule has 8 aromatic heterocycles. The summed E-state index contributed by atoms with van der Waals surface area (Å²) in [7, 11) is -1.35. The first-order valence-corrected chi connectivity index (χ1v) is 32.0. The molecule has 0 amide bonds.